The highest BCUT2D eigenvalue weighted by Crippen LogP contribution is 2.36. The van der Waals surface area contributed by atoms with Crippen LogP contribution < -0.4 is 0 Å². The summed E-state index contributed by atoms with van der Waals surface area (Å²) in [6.45, 7) is 2.24. The van der Waals surface area contributed by atoms with Crippen molar-refractivity contribution >= 4 is 17.7 Å². The predicted molar refractivity (Wildman–Crippen MR) is 103 cm³/mol. The standard InChI is InChI=1S/C19H19N5O3S/c25-16-8-6-15(7-9-16)24-19(20-21-22-24)28-17(14-4-2-1-3-5-14)18(26)23-10-12-27-13-11-23/h1-9,17,25H,10-13H2/t17-/m1/s1. The lowest BCUT2D eigenvalue weighted by Gasteiger charge is -2.30. The zero-order valence-corrected chi connectivity index (χ0v) is 15.8. The van der Waals surface area contributed by atoms with Gasteiger partial charge in [-0.05, 0) is 40.3 Å². The van der Waals surface area contributed by atoms with E-state index in [2.05, 4.69) is 15.5 Å². The summed E-state index contributed by atoms with van der Waals surface area (Å²) < 4.78 is 6.93. The summed E-state index contributed by atoms with van der Waals surface area (Å²) in [7, 11) is 0. The first-order valence-electron chi connectivity index (χ1n) is 8.88. The Hall–Kier alpha value is -2.91. The smallest absolute Gasteiger partial charge is 0.240 e. The van der Waals surface area contributed by atoms with Crippen molar-refractivity contribution in [1.29, 1.82) is 0 Å². The van der Waals surface area contributed by atoms with Crippen LogP contribution in [0.15, 0.2) is 59.8 Å². The van der Waals surface area contributed by atoms with E-state index in [9.17, 15) is 9.90 Å². The minimum absolute atomic E-state index is 0.0137. The zero-order valence-electron chi connectivity index (χ0n) is 15.0. The molecule has 0 radical (unpaired) electrons. The Labute approximate surface area is 166 Å². The number of hydrogen-bond acceptors (Lipinski definition) is 7. The minimum Gasteiger partial charge on any atom is -0.508 e. The van der Waals surface area contributed by atoms with Crippen LogP contribution in [0.1, 0.15) is 10.8 Å². The van der Waals surface area contributed by atoms with Gasteiger partial charge in [0, 0.05) is 13.1 Å². The Bertz CT molecular complexity index is 926. The van der Waals surface area contributed by atoms with Crippen molar-refractivity contribution in [3.05, 3.63) is 60.2 Å². The highest BCUT2D eigenvalue weighted by molar-refractivity contribution is 8.00. The van der Waals surface area contributed by atoms with Gasteiger partial charge in [-0.25, -0.2) is 0 Å². The molecule has 0 bridgehead atoms. The number of aromatic hydroxyl groups is 1. The summed E-state index contributed by atoms with van der Waals surface area (Å²) in [6, 6.07) is 16.2. The molecule has 1 saturated heterocycles. The van der Waals surface area contributed by atoms with E-state index in [1.807, 2.05) is 35.2 Å². The number of phenols is 1. The van der Waals surface area contributed by atoms with Gasteiger partial charge in [0.25, 0.3) is 0 Å². The molecule has 4 rings (SSSR count). The molecule has 9 heteroatoms. The van der Waals surface area contributed by atoms with Crippen molar-refractivity contribution in [2.24, 2.45) is 0 Å². The molecule has 144 valence electrons. The van der Waals surface area contributed by atoms with E-state index in [0.717, 1.165) is 5.56 Å². The first-order chi connectivity index (χ1) is 13.7. The third kappa shape index (κ3) is 4.00. The number of rotatable bonds is 5. The Morgan fingerprint density at radius 3 is 2.50 bits per heavy atom. The molecule has 3 aromatic rings. The second-order valence-electron chi connectivity index (χ2n) is 6.24. The maximum Gasteiger partial charge on any atom is 0.240 e. The molecule has 1 fully saturated rings. The molecule has 2 heterocycles. The molecule has 0 unspecified atom stereocenters. The molecule has 1 atom stereocenters. The lowest BCUT2D eigenvalue weighted by molar-refractivity contribution is -0.134. The van der Waals surface area contributed by atoms with E-state index < -0.39 is 5.25 Å². The quantitative estimate of drug-likeness (QED) is 0.659. The monoisotopic (exact) mass is 397 g/mol. The van der Waals surface area contributed by atoms with Gasteiger partial charge < -0.3 is 14.7 Å². The fraction of sp³-hybridized carbons (Fsp3) is 0.263. The molecule has 8 nitrogen and oxygen atoms in total. The molecule has 1 aliphatic rings. The molecule has 28 heavy (non-hydrogen) atoms. The van der Waals surface area contributed by atoms with Crippen LogP contribution >= 0.6 is 11.8 Å². The van der Waals surface area contributed by atoms with Gasteiger partial charge in [0.15, 0.2) is 0 Å². The maximum atomic E-state index is 13.3. The maximum absolute atomic E-state index is 13.3. The van der Waals surface area contributed by atoms with Crippen LogP contribution in [0.3, 0.4) is 0 Å². The molecular formula is C19H19N5O3S. The number of tetrazole rings is 1. The van der Waals surface area contributed by atoms with Crippen LogP contribution in [-0.2, 0) is 9.53 Å². The molecular weight excluding hydrogens is 378 g/mol. The van der Waals surface area contributed by atoms with Gasteiger partial charge in [0.05, 0.1) is 18.9 Å². The van der Waals surface area contributed by atoms with Gasteiger partial charge in [-0.1, -0.05) is 42.1 Å². The molecule has 1 aromatic heterocycles. The molecule has 0 saturated carbocycles. The number of morpholine rings is 1. The Kier molecular flexibility index (Phi) is 5.54. The van der Waals surface area contributed by atoms with Gasteiger partial charge in [0.1, 0.15) is 11.0 Å². The Morgan fingerprint density at radius 2 is 1.79 bits per heavy atom. The van der Waals surface area contributed by atoms with E-state index in [4.69, 9.17) is 4.74 Å². The molecule has 1 amide bonds. The number of phenolic OH excluding ortho intramolecular Hbond substituents is 1. The minimum atomic E-state index is -0.471. The van der Waals surface area contributed by atoms with E-state index in [1.165, 1.54) is 11.8 Å². The lowest BCUT2D eigenvalue weighted by atomic mass is 10.1. The first-order valence-corrected chi connectivity index (χ1v) is 9.76. The number of carbonyl (C=O) groups excluding carboxylic acids is 1. The Balaban J connectivity index is 1.64. The van der Waals surface area contributed by atoms with Gasteiger partial charge >= 0.3 is 0 Å². The summed E-state index contributed by atoms with van der Waals surface area (Å²) in [5, 5.41) is 21.5. The largest absolute Gasteiger partial charge is 0.508 e. The van der Waals surface area contributed by atoms with Crippen molar-refractivity contribution in [2.75, 3.05) is 26.3 Å². The average Bonchev–Trinajstić information content (AvgIpc) is 3.21. The highest BCUT2D eigenvalue weighted by atomic mass is 32.2. The van der Waals surface area contributed by atoms with Crippen molar-refractivity contribution in [2.45, 2.75) is 10.4 Å². The van der Waals surface area contributed by atoms with Crippen molar-refractivity contribution < 1.29 is 14.6 Å². The molecule has 1 N–H and O–H groups in total. The van der Waals surface area contributed by atoms with Gasteiger partial charge in [-0.3, -0.25) is 4.79 Å². The number of thioether (sulfide) groups is 1. The summed E-state index contributed by atoms with van der Waals surface area (Å²) >= 11 is 1.31. The van der Waals surface area contributed by atoms with Crippen molar-refractivity contribution in [3.8, 4) is 11.4 Å². The zero-order chi connectivity index (χ0) is 19.3. The number of carbonyl (C=O) groups is 1. The van der Waals surface area contributed by atoms with Gasteiger partial charge in [-0.15, -0.1) is 5.10 Å². The molecule has 1 aliphatic heterocycles. The number of amides is 1. The summed E-state index contributed by atoms with van der Waals surface area (Å²) in [5.41, 5.74) is 1.60. The third-order valence-corrected chi connectivity index (χ3v) is 5.58. The summed E-state index contributed by atoms with van der Waals surface area (Å²) in [6.07, 6.45) is 0. The van der Waals surface area contributed by atoms with Crippen LogP contribution in [0.2, 0.25) is 0 Å². The summed E-state index contributed by atoms with van der Waals surface area (Å²) in [5.74, 6) is 0.176. The fourth-order valence-corrected chi connectivity index (χ4v) is 4.03. The van der Waals surface area contributed by atoms with Crippen molar-refractivity contribution in [1.82, 2.24) is 25.1 Å². The summed E-state index contributed by atoms with van der Waals surface area (Å²) in [4.78, 5) is 15.1. The second kappa shape index (κ2) is 8.41. The fourth-order valence-electron chi connectivity index (χ4n) is 2.95. The van der Waals surface area contributed by atoms with Crippen molar-refractivity contribution in [3.63, 3.8) is 0 Å². The van der Waals surface area contributed by atoms with E-state index in [1.54, 1.807) is 28.9 Å². The predicted octanol–water partition coefficient (Wildman–Crippen LogP) is 2.06. The van der Waals surface area contributed by atoms with Crippen LogP contribution in [0.5, 0.6) is 5.75 Å². The SMILES string of the molecule is O=C([C@H](Sc1nnnn1-c1ccc(O)cc1)c1ccccc1)N1CCOCC1. The number of hydrogen-bond donors (Lipinski definition) is 1. The topological polar surface area (TPSA) is 93.4 Å². The molecule has 2 aromatic carbocycles. The first kappa shape index (κ1) is 18.5. The average molecular weight is 397 g/mol. The van der Waals surface area contributed by atoms with E-state index in [-0.39, 0.29) is 11.7 Å². The van der Waals surface area contributed by atoms with Crippen LogP contribution in [-0.4, -0.2) is 62.4 Å². The van der Waals surface area contributed by atoms with Crippen LogP contribution in [0.4, 0.5) is 0 Å². The molecule has 0 spiro atoms. The Morgan fingerprint density at radius 1 is 1.07 bits per heavy atom. The van der Waals surface area contributed by atoms with Crippen LogP contribution in [0, 0.1) is 0 Å². The number of benzene rings is 2. The van der Waals surface area contributed by atoms with Gasteiger partial charge in [-0.2, -0.15) is 4.68 Å². The lowest BCUT2D eigenvalue weighted by Crippen LogP contribution is -2.42. The third-order valence-electron chi connectivity index (χ3n) is 4.41. The number of aromatic nitrogens is 4. The van der Waals surface area contributed by atoms with Gasteiger partial charge in [0.2, 0.25) is 11.1 Å². The second-order valence-corrected chi connectivity index (χ2v) is 7.31. The van der Waals surface area contributed by atoms with E-state index >= 15 is 0 Å². The molecule has 0 aliphatic carbocycles. The number of ether oxygens (including phenoxy) is 1. The van der Waals surface area contributed by atoms with Crippen LogP contribution in [0.25, 0.3) is 5.69 Å². The highest BCUT2D eigenvalue weighted by Gasteiger charge is 2.30. The normalized spacial score (nSPS) is 15.4. The van der Waals surface area contributed by atoms with E-state index in [0.29, 0.717) is 37.1 Å². The number of nitrogens with zero attached hydrogens (tertiary/aromatic N) is 5.